The summed E-state index contributed by atoms with van der Waals surface area (Å²) in [4.78, 5) is 0. The molecule has 5 atom stereocenters. The molecule has 9 heavy (non-hydrogen) atoms. The van der Waals surface area contributed by atoms with Crippen molar-refractivity contribution in [3.8, 4) is 0 Å². The van der Waals surface area contributed by atoms with Crippen LogP contribution in [0.15, 0.2) is 0 Å². The predicted octanol–water partition coefficient (Wildman–Crippen LogP) is 0.154. The number of epoxide rings is 1. The molecule has 1 saturated heterocycles. The molecule has 50 valence electrons. The molecule has 2 nitrogen and oxygen atoms in total. The summed E-state index contributed by atoms with van der Waals surface area (Å²) in [5.41, 5.74) is 0. The molecule has 2 aliphatic carbocycles. The van der Waals surface area contributed by atoms with E-state index in [1.165, 1.54) is 6.42 Å². The van der Waals surface area contributed by atoms with Gasteiger partial charge in [0.2, 0.25) is 0 Å². The van der Waals surface area contributed by atoms with E-state index >= 15 is 0 Å². The molecule has 1 aliphatic heterocycles. The maximum atomic E-state index is 9.34. The van der Waals surface area contributed by atoms with Crippen LogP contribution >= 0.6 is 0 Å². The molecule has 0 aromatic carbocycles. The van der Waals surface area contributed by atoms with Crippen LogP contribution in [0.4, 0.5) is 0 Å². The molecular weight excluding hydrogens is 116 g/mol. The smallest absolute Gasteiger partial charge is 0.0897 e. The van der Waals surface area contributed by atoms with Crippen LogP contribution < -0.4 is 0 Å². The maximum absolute atomic E-state index is 9.34. The van der Waals surface area contributed by atoms with Gasteiger partial charge >= 0.3 is 0 Å². The Hall–Kier alpha value is -0.0800. The molecule has 3 aliphatic rings. The van der Waals surface area contributed by atoms with E-state index in [0.717, 1.165) is 12.3 Å². The van der Waals surface area contributed by atoms with Crippen LogP contribution in [0.2, 0.25) is 0 Å². The highest BCUT2D eigenvalue weighted by Crippen LogP contribution is 2.56. The summed E-state index contributed by atoms with van der Waals surface area (Å²) in [5.74, 6) is 1.23. The monoisotopic (exact) mass is 126 g/mol. The van der Waals surface area contributed by atoms with Crippen molar-refractivity contribution in [3.63, 3.8) is 0 Å². The lowest BCUT2D eigenvalue weighted by atomic mass is 9.98. The summed E-state index contributed by atoms with van der Waals surface area (Å²) >= 11 is 0. The Morgan fingerprint density at radius 3 is 2.67 bits per heavy atom. The number of hydrogen-bond acceptors (Lipinski definition) is 2. The first kappa shape index (κ1) is 4.69. The molecule has 1 heterocycles. The fourth-order valence-corrected chi connectivity index (χ4v) is 2.57. The van der Waals surface area contributed by atoms with Crippen molar-refractivity contribution >= 4 is 0 Å². The van der Waals surface area contributed by atoms with Gasteiger partial charge in [-0.05, 0) is 18.8 Å². The quantitative estimate of drug-likeness (QED) is 0.469. The van der Waals surface area contributed by atoms with E-state index in [1.54, 1.807) is 0 Å². The first-order chi connectivity index (χ1) is 4.36. The minimum Gasteiger partial charge on any atom is -0.393 e. The molecule has 2 saturated carbocycles. The summed E-state index contributed by atoms with van der Waals surface area (Å²) in [7, 11) is 0. The van der Waals surface area contributed by atoms with E-state index in [2.05, 4.69) is 0 Å². The van der Waals surface area contributed by atoms with Gasteiger partial charge in [-0.3, -0.25) is 0 Å². The molecule has 1 N–H and O–H groups in total. The molecular formula is C7H10O2. The zero-order valence-electron chi connectivity index (χ0n) is 5.16. The van der Waals surface area contributed by atoms with Gasteiger partial charge in [0, 0.05) is 5.92 Å². The number of fused-ring (bicyclic) bond motifs is 5. The number of aliphatic hydroxyl groups excluding tert-OH is 1. The van der Waals surface area contributed by atoms with Crippen molar-refractivity contribution in [2.75, 3.05) is 0 Å². The Kier molecular flexibility index (Phi) is 0.616. The average molecular weight is 126 g/mol. The Morgan fingerprint density at radius 2 is 2.11 bits per heavy atom. The normalized spacial score (nSPS) is 68.3. The number of hydrogen-bond donors (Lipinski definition) is 1. The van der Waals surface area contributed by atoms with E-state index in [-0.39, 0.29) is 6.10 Å². The highest BCUT2D eigenvalue weighted by molar-refractivity contribution is 5.10. The maximum Gasteiger partial charge on any atom is 0.0897 e. The van der Waals surface area contributed by atoms with Crippen molar-refractivity contribution in [2.24, 2.45) is 11.8 Å². The van der Waals surface area contributed by atoms with Gasteiger partial charge in [-0.25, -0.2) is 0 Å². The van der Waals surface area contributed by atoms with E-state index in [4.69, 9.17) is 4.74 Å². The largest absolute Gasteiger partial charge is 0.393 e. The molecule has 0 spiro atoms. The van der Waals surface area contributed by atoms with Gasteiger partial charge in [-0.2, -0.15) is 0 Å². The highest BCUT2D eigenvalue weighted by Gasteiger charge is 2.62. The van der Waals surface area contributed by atoms with E-state index in [1.807, 2.05) is 0 Å². The third-order valence-corrected chi connectivity index (χ3v) is 3.06. The van der Waals surface area contributed by atoms with Crippen LogP contribution in [-0.2, 0) is 4.74 Å². The second-order valence-electron chi connectivity index (χ2n) is 3.53. The Bertz CT molecular complexity index is 153. The molecule has 2 heteroatoms. The van der Waals surface area contributed by atoms with Crippen LogP contribution in [0.25, 0.3) is 0 Å². The summed E-state index contributed by atoms with van der Waals surface area (Å²) < 4.78 is 5.35. The van der Waals surface area contributed by atoms with E-state index in [9.17, 15) is 5.11 Å². The minimum atomic E-state index is -0.0289. The minimum absolute atomic E-state index is 0.0289. The van der Waals surface area contributed by atoms with Crippen LogP contribution in [0.5, 0.6) is 0 Å². The third kappa shape index (κ3) is 0.413. The SMILES string of the molecule is O[C@@H]1C[C@@H]2C[C@H]1[C@H]1O[C@@H]21. The second kappa shape index (κ2) is 1.18. The van der Waals surface area contributed by atoms with Crippen LogP contribution in [0.1, 0.15) is 12.8 Å². The zero-order valence-corrected chi connectivity index (χ0v) is 5.16. The van der Waals surface area contributed by atoms with Crippen molar-refractivity contribution in [1.29, 1.82) is 0 Å². The molecule has 3 rings (SSSR count). The van der Waals surface area contributed by atoms with Crippen molar-refractivity contribution < 1.29 is 9.84 Å². The van der Waals surface area contributed by atoms with Gasteiger partial charge < -0.3 is 9.84 Å². The summed E-state index contributed by atoms with van der Waals surface area (Å²) in [5, 5.41) is 9.34. The average Bonchev–Trinajstić information content (AvgIpc) is 2.46. The van der Waals surface area contributed by atoms with Crippen molar-refractivity contribution in [3.05, 3.63) is 0 Å². The molecule has 0 aromatic rings. The summed E-state index contributed by atoms with van der Waals surface area (Å²) in [6.45, 7) is 0. The van der Waals surface area contributed by atoms with Gasteiger partial charge in [0.15, 0.2) is 0 Å². The molecule has 0 radical (unpaired) electrons. The van der Waals surface area contributed by atoms with Gasteiger partial charge in [-0.1, -0.05) is 0 Å². The molecule has 2 bridgehead atoms. The molecule has 0 unspecified atom stereocenters. The fraction of sp³-hybridized carbons (Fsp3) is 1.00. The molecule has 0 aromatic heterocycles. The standard InChI is InChI=1S/C7H10O2/c8-5-2-3-1-4(5)7-6(3)9-7/h3-8H,1-2H2/t3-,4+,5+,6-,7+/m0/s1. The van der Waals surface area contributed by atoms with Gasteiger partial charge in [0.25, 0.3) is 0 Å². The Balaban J connectivity index is 1.96. The number of rotatable bonds is 0. The van der Waals surface area contributed by atoms with Crippen molar-refractivity contribution in [1.82, 2.24) is 0 Å². The number of aliphatic hydroxyl groups is 1. The molecule has 3 fully saturated rings. The van der Waals surface area contributed by atoms with E-state index < -0.39 is 0 Å². The third-order valence-electron chi connectivity index (χ3n) is 3.06. The second-order valence-corrected chi connectivity index (χ2v) is 3.53. The van der Waals surface area contributed by atoms with Gasteiger partial charge in [0.1, 0.15) is 0 Å². The van der Waals surface area contributed by atoms with Crippen LogP contribution in [0, 0.1) is 11.8 Å². The summed E-state index contributed by atoms with van der Waals surface area (Å²) in [6, 6.07) is 0. The predicted molar refractivity (Wildman–Crippen MR) is 30.9 cm³/mol. The van der Waals surface area contributed by atoms with Gasteiger partial charge in [0.05, 0.1) is 18.3 Å². The lowest BCUT2D eigenvalue weighted by Crippen LogP contribution is -2.21. The first-order valence-corrected chi connectivity index (χ1v) is 3.70. The topological polar surface area (TPSA) is 32.8 Å². The lowest BCUT2D eigenvalue weighted by Gasteiger charge is -2.10. The van der Waals surface area contributed by atoms with Crippen LogP contribution in [-0.4, -0.2) is 23.4 Å². The zero-order chi connectivity index (χ0) is 6.01. The Morgan fingerprint density at radius 1 is 1.22 bits per heavy atom. The molecule has 0 amide bonds. The van der Waals surface area contributed by atoms with Crippen molar-refractivity contribution in [2.45, 2.75) is 31.2 Å². The Labute approximate surface area is 53.8 Å². The van der Waals surface area contributed by atoms with E-state index in [0.29, 0.717) is 18.1 Å². The van der Waals surface area contributed by atoms with Gasteiger partial charge in [-0.15, -0.1) is 0 Å². The highest BCUT2D eigenvalue weighted by atomic mass is 16.6. The van der Waals surface area contributed by atoms with Crippen LogP contribution in [0.3, 0.4) is 0 Å². The lowest BCUT2D eigenvalue weighted by molar-refractivity contribution is 0.113. The fourth-order valence-electron chi connectivity index (χ4n) is 2.57. The number of ether oxygens (including phenoxy) is 1. The first-order valence-electron chi connectivity index (χ1n) is 3.70. The summed E-state index contributed by atoms with van der Waals surface area (Å²) in [6.07, 6.45) is 3.25.